The number of hydrogen-bond donors (Lipinski definition) is 1. The lowest BCUT2D eigenvalue weighted by atomic mass is 10.2. The summed E-state index contributed by atoms with van der Waals surface area (Å²) >= 11 is 6.06. The number of carbonyl (C=O) groups excluding carboxylic acids is 1. The Morgan fingerprint density at radius 1 is 1.16 bits per heavy atom. The van der Waals surface area contributed by atoms with Crippen molar-refractivity contribution in [3.63, 3.8) is 0 Å². The normalized spacial score (nSPS) is 10.6. The van der Waals surface area contributed by atoms with E-state index in [2.05, 4.69) is 10.3 Å². The lowest BCUT2D eigenvalue weighted by Gasteiger charge is -2.09. The monoisotopic (exact) mass is 354 g/mol. The zero-order valence-electron chi connectivity index (χ0n) is 14.0. The molecule has 0 saturated heterocycles. The molecule has 128 valence electrons. The number of anilines is 1. The van der Waals surface area contributed by atoms with Crippen molar-refractivity contribution in [2.24, 2.45) is 0 Å². The Kier molecular flexibility index (Phi) is 5.51. The van der Waals surface area contributed by atoms with Crippen molar-refractivity contribution in [1.29, 1.82) is 0 Å². The van der Waals surface area contributed by atoms with E-state index in [4.69, 9.17) is 16.0 Å². The van der Waals surface area contributed by atoms with Crippen LogP contribution in [0.5, 0.6) is 0 Å². The second kappa shape index (κ2) is 7.99. The highest BCUT2D eigenvalue weighted by Crippen LogP contribution is 2.23. The number of aromatic nitrogens is 1. The van der Waals surface area contributed by atoms with Gasteiger partial charge in [-0.3, -0.25) is 4.79 Å². The van der Waals surface area contributed by atoms with E-state index in [1.165, 1.54) is 0 Å². The molecule has 0 fully saturated rings. The number of rotatable bonds is 6. The van der Waals surface area contributed by atoms with Crippen LogP contribution in [0.2, 0.25) is 5.02 Å². The van der Waals surface area contributed by atoms with Gasteiger partial charge in [0.25, 0.3) is 0 Å². The van der Waals surface area contributed by atoms with Crippen molar-refractivity contribution in [1.82, 2.24) is 4.98 Å². The molecule has 0 atom stereocenters. The van der Waals surface area contributed by atoms with Gasteiger partial charge in [0.1, 0.15) is 0 Å². The predicted octanol–water partition coefficient (Wildman–Crippen LogP) is 5.26. The molecule has 3 rings (SSSR count). The molecule has 0 aliphatic rings. The Labute approximate surface area is 151 Å². The van der Waals surface area contributed by atoms with E-state index >= 15 is 0 Å². The predicted molar refractivity (Wildman–Crippen MR) is 99.7 cm³/mol. The largest absolute Gasteiger partial charge is 0.441 e. The molecule has 0 aliphatic carbocycles. The van der Waals surface area contributed by atoms with Crippen LogP contribution in [-0.2, 0) is 11.2 Å². The highest BCUT2D eigenvalue weighted by atomic mass is 35.5. The molecule has 0 aliphatic heterocycles. The van der Waals surface area contributed by atoms with Gasteiger partial charge in [-0.25, -0.2) is 4.98 Å². The van der Waals surface area contributed by atoms with Gasteiger partial charge < -0.3 is 9.73 Å². The van der Waals surface area contributed by atoms with Gasteiger partial charge in [-0.1, -0.05) is 48.0 Å². The summed E-state index contributed by atoms with van der Waals surface area (Å²) < 4.78 is 5.74. The zero-order chi connectivity index (χ0) is 17.6. The van der Waals surface area contributed by atoms with Crippen molar-refractivity contribution in [2.45, 2.75) is 26.2 Å². The number of nitrogens with one attached hydrogen (secondary N) is 1. The third-order valence-electron chi connectivity index (χ3n) is 3.95. The van der Waals surface area contributed by atoms with E-state index in [9.17, 15) is 4.79 Å². The number of hydrogen-bond acceptors (Lipinski definition) is 3. The second-order valence-corrected chi connectivity index (χ2v) is 6.21. The summed E-state index contributed by atoms with van der Waals surface area (Å²) in [6.45, 7) is 1.88. The number of amides is 1. The molecule has 0 saturated carbocycles. The van der Waals surface area contributed by atoms with Crippen LogP contribution >= 0.6 is 11.6 Å². The molecule has 3 aromatic rings. The zero-order valence-corrected chi connectivity index (χ0v) is 14.7. The third-order valence-corrected chi connectivity index (χ3v) is 4.36. The first kappa shape index (κ1) is 17.2. The Bertz CT molecular complexity index is 859. The molecule has 0 spiro atoms. The van der Waals surface area contributed by atoms with E-state index in [0.717, 1.165) is 22.6 Å². The summed E-state index contributed by atoms with van der Waals surface area (Å²) in [5, 5.41) is 3.54. The minimum absolute atomic E-state index is 0.0415. The van der Waals surface area contributed by atoms with Gasteiger partial charge in [-0.05, 0) is 31.0 Å². The fourth-order valence-corrected chi connectivity index (χ4v) is 2.69. The van der Waals surface area contributed by atoms with Crippen LogP contribution in [0, 0.1) is 6.92 Å². The minimum Gasteiger partial charge on any atom is -0.441 e. The molecule has 0 bridgehead atoms. The number of carbonyl (C=O) groups is 1. The molecule has 1 amide bonds. The standard InChI is InChI=1S/C20H19ClN2O2/c1-14-16(21)9-5-10-17(14)23-19(24)11-6-12-20-22-13-18(25-20)15-7-3-2-4-8-15/h2-5,7-10,13H,6,11-12H2,1H3,(H,23,24). The highest BCUT2D eigenvalue weighted by Gasteiger charge is 2.09. The van der Waals surface area contributed by atoms with Crippen LogP contribution in [0.1, 0.15) is 24.3 Å². The number of halogens is 1. The molecule has 25 heavy (non-hydrogen) atoms. The summed E-state index contributed by atoms with van der Waals surface area (Å²) in [5.41, 5.74) is 2.62. The fourth-order valence-electron chi connectivity index (χ4n) is 2.52. The van der Waals surface area contributed by atoms with Gasteiger partial charge in [0.2, 0.25) is 5.91 Å². The van der Waals surface area contributed by atoms with Gasteiger partial charge in [0.15, 0.2) is 11.7 Å². The molecule has 2 aromatic carbocycles. The van der Waals surface area contributed by atoms with E-state index in [1.807, 2.05) is 49.4 Å². The van der Waals surface area contributed by atoms with Crippen LogP contribution in [0.15, 0.2) is 59.1 Å². The molecule has 1 N–H and O–H groups in total. The molecule has 5 heteroatoms. The van der Waals surface area contributed by atoms with Crippen molar-refractivity contribution in [2.75, 3.05) is 5.32 Å². The minimum atomic E-state index is -0.0415. The van der Waals surface area contributed by atoms with Gasteiger partial charge >= 0.3 is 0 Å². The van der Waals surface area contributed by atoms with Gasteiger partial charge in [-0.15, -0.1) is 0 Å². The van der Waals surface area contributed by atoms with Crippen LogP contribution < -0.4 is 5.32 Å². The maximum absolute atomic E-state index is 12.1. The maximum Gasteiger partial charge on any atom is 0.224 e. The number of oxazole rings is 1. The first-order valence-corrected chi connectivity index (χ1v) is 8.56. The number of benzene rings is 2. The fraction of sp³-hybridized carbons (Fsp3) is 0.200. The smallest absolute Gasteiger partial charge is 0.224 e. The third kappa shape index (κ3) is 4.48. The van der Waals surface area contributed by atoms with Gasteiger partial charge in [0.05, 0.1) is 6.20 Å². The second-order valence-electron chi connectivity index (χ2n) is 5.80. The van der Waals surface area contributed by atoms with Crippen molar-refractivity contribution < 1.29 is 9.21 Å². The van der Waals surface area contributed by atoms with E-state index < -0.39 is 0 Å². The van der Waals surface area contributed by atoms with Crippen molar-refractivity contribution in [3.8, 4) is 11.3 Å². The average molecular weight is 355 g/mol. The Morgan fingerprint density at radius 2 is 1.96 bits per heavy atom. The summed E-state index contributed by atoms with van der Waals surface area (Å²) in [6.07, 6.45) is 3.41. The number of aryl methyl sites for hydroxylation is 1. The van der Waals surface area contributed by atoms with Crippen molar-refractivity contribution in [3.05, 3.63) is 71.2 Å². The molecule has 4 nitrogen and oxygen atoms in total. The summed E-state index contributed by atoms with van der Waals surface area (Å²) in [6, 6.07) is 15.3. The summed E-state index contributed by atoms with van der Waals surface area (Å²) in [4.78, 5) is 16.4. The quantitative estimate of drug-likeness (QED) is 0.656. The average Bonchev–Trinajstić information content (AvgIpc) is 3.09. The first-order chi connectivity index (χ1) is 12.1. The molecular weight excluding hydrogens is 336 g/mol. The Balaban J connectivity index is 1.50. The maximum atomic E-state index is 12.1. The molecule has 1 aromatic heterocycles. The molecule has 0 unspecified atom stereocenters. The van der Waals surface area contributed by atoms with Crippen LogP contribution in [0.3, 0.4) is 0 Å². The Morgan fingerprint density at radius 3 is 2.76 bits per heavy atom. The SMILES string of the molecule is Cc1c(Cl)cccc1NC(=O)CCCc1ncc(-c2ccccc2)o1. The van der Waals surface area contributed by atoms with E-state index in [0.29, 0.717) is 30.2 Å². The molecular formula is C20H19ClN2O2. The van der Waals surface area contributed by atoms with Crippen LogP contribution in [0.25, 0.3) is 11.3 Å². The first-order valence-electron chi connectivity index (χ1n) is 8.18. The number of nitrogens with zero attached hydrogens (tertiary/aromatic N) is 1. The summed E-state index contributed by atoms with van der Waals surface area (Å²) in [7, 11) is 0. The summed E-state index contributed by atoms with van der Waals surface area (Å²) in [5.74, 6) is 1.35. The topological polar surface area (TPSA) is 55.1 Å². The van der Waals surface area contributed by atoms with E-state index in [1.54, 1.807) is 12.3 Å². The lowest BCUT2D eigenvalue weighted by molar-refractivity contribution is -0.116. The highest BCUT2D eigenvalue weighted by molar-refractivity contribution is 6.31. The van der Waals surface area contributed by atoms with E-state index in [-0.39, 0.29) is 5.91 Å². The van der Waals surface area contributed by atoms with Crippen LogP contribution in [0.4, 0.5) is 5.69 Å². The van der Waals surface area contributed by atoms with Crippen molar-refractivity contribution >= 4 is 23.2 Å². The van der Waals surface area contributed by atoms with Crippen LogP contribution in [-0.4, -0.2) is 10.9 Å². The molecule has 0 radical (unpaired) electrons. The molecule has 1 heterocycles. The Hall–Kier alpha value is -2.59. The van der Waals surface area contributed by atoms with Gasteiger partial charge in [0, 0.05) is 29.1 Å². The lowest BCUT2D eigenvalue weighted by Crippen LogP contribution is -2.12. The van der Waals surface area contributed by atoms with Gasteiger partial charge in [-0.2, -0.15) is 0 Å².